The number of nitrogens with two attached hydrogens (primary N) is 1. The highest BCUT2D eigenvalue weighted by atomic mass is 32.1. The third-order valence-corrected chi connectivity index (χ3v) is 5.85. The van der Waals surface area contributed by atoms with Crippen LogP contribution in [-0.4, -0.2) is 60.4 Å². The molecule has 2 aliphatic rings. The summed E-state index contributed by atoms with van der Waals surface area (Å²) in [6.45, 7) is 3.32. The highest BCUT2D eigenvalue weighted by Crippen LogP contribution is 2.38. The van der Waals surface area contributed by atoms with Crippen molar-refractivity contribution in [3.8, 4) is 0 Å². The number of rotatable bonds is 2. The summed E-state index contributed by atoms with van der Waals surface area (Å²) in [5, 5.41) is 0.503. The van der Waals surface area contributed by atoms with Crippen LogP contribution >= 0.6 is 11.3 Å². The van der Waals surface area contributed by atoms with E-state index in [1.807, 2.05) is 12.1 Å². The summed E-state index contributed by atoms with van der Waals surface area (Å²) in [4.78, 5) is 25.5. The van der Waals surface area contributed by atoms with E-state index in [1.54, 1.807) is 0 Å². The molecule has 124 valence electrons. The number of likely N-dealkylation sites (tertiary alicyclic amines) is 1. The van der Waals surface area contributed by atoms with Crippen molar-refractivity contribution in [2.24, 2.45) is 5.73 Å². The number of anilines is 1. The molecule has 0 radical (unpaired) electrons. The van der Waals surface area contributed by atoms with Gasteiger partial charge in [0.1, 0.15) is 16.2 Å². The third-order valence-electron chi connectivity index (χ3n) is 4.96. The summed E-state index contributed by atoms with van der Waals surface area (Å²) in [7, 11) is 3.74. The third kappa shape index (κ3) is 2.84. The van der Waals surface area contributed by atoms with Gasteiger partial charge in [-0.1, -0.05) is 11.3 Å². The van der Waals surface area contributed by atoms with Crippen LogP contribution in [0.25, 0.3) is 10.3 Å². The zero-order chi connectivity index (χ0) is 16.4. The molecule has 2 aromatic rings. The van der Waals surface area contributed by atoms with Gasteiger partial charge in [-0.3, -0.25) is 9.69 Å². The zero-order valence-corrected chi connectivity index (χ0v) is 14.5. The maximum Gasteiger partial charge on any atom is 0.178 e. The van der Waals surface area contributed by atoms with Crippen molar-refractivity contribution < 1.29 is 4.79 Å². The van der Waals surface area contributed by atoms with Crippen molar-refractivity contribution in [3.63, 3.8) is 0 Å². The van der Waals surface area contributed by atoms with Crippen molar-refractivity contribution in [1.82, 2.24) is 14.9 Å². The van der Waals surface area contributed by atoms with Crippen LogP contribution in [0.4, 0.5) is 5.82 Å². The minimum atomic E-state index is 0.346. The van der Waals surface area contributed by atoms with Gasteiger partial charge in [0.25, 0.3) is 0 Å². The first-order chi connectivity index (χ1) is 11.2. The van der Waals surface area contributed by atoms with Gasteiger partial charge in [0, 0.05) is 18.6 Å². The zero-order valence-electron chi connectivity index (χ0n) is 13.7. The number of likely N-dealkylation sites (N-methyl/N-ethyl adjacent to an activating group) is 1. The average Bonchev–Trinajstić information content (AvgIpc) is 3.29. The molecule has 2 saturated heterocycles. The van der Waals surface area contributed by atoms with E-state index in [0.29, 0.717) is 10.5 Å². The van der Waals surface area contributed by atoms with Gasteiger partial charge in [0.2, 0.25) is 0 Å². The molecule has 4 rings (SSSR count). The lowest BCUT2D eigenvalue weighted by Crippen LogP contribution is -2.43. The molecule has 0 amide bonds. The minimum Gasteiger partial charge on any atom is -0.355 e. The molecule has 0 bridgehead atoms. The fraction of sp³-hybridized carbons (Fsp3) is 0.562. The first-order valence-corrected chi connectivity index (χ1v) is 8.79. The first-order valence-electron chi connectivity index (χ1n) is 7.97. The number of aldehydes is 1. The van der Waals surface area contributed by atoms with E-state index in [0.717, 1.165) is 35.5 Å². The van der Waals surface area contributed by atoms with Gasteiger partial charge in [-0.05, 0) is 52.0 Å². The van der Waals surface area contributed by atoms with E-state index in [4.69, 9.17) is 4.98 Å². The second kappa shape index (κ2) is 6.51. The van der Waals surface area contributed by atoms with Crippen LogP contribution in [-0.2, 0) is 0 Å². The molecule has 6 nitrogen and oxygen atoms in total. The smallest absolute Gasteiger partial charge is 0.178 e. The van der Waals surface area contributed by atoms with Crippen molar-refractivity contribution >= 4 is 33.8 Å². The quantitative estimate of drug-likeness (QED) is 0.844. The Morgan fingerprint density at radius 3 is 2.78 bits per heavy atom. The predicted octanol–water partition coefficient (Wildman–Crippen LogP) is 1.75. The maximum absolute atomic E-state index is 10.8. The summed E-state index contributed by atoms with van der Waals surface area (Å²) in [5.41, 5.74) is 5.66. The predicted molar refractivity (Wildman–Crippen MR) is 94.3 cm³/mol. The van der Waals surface area contributed by atoms with E-state index >= 15 is 0 Å². The molecule has 1 atom stereocenters. The van der Waals surface area contributed by atoms with Crippen LogP contribution in [0.5, 0.6) is 0 Å². The van der Waals surface area contributed by atoms with Gasteiger partial charge < -0.3 is 10.6 Å². The van der Waals surface area contributed by atoms with Gasteiger partial charge in [-0.2, -0.15) is 0 Å². The fourth-order valence-corrected chi connectivity index (χ4v) is 4.44. The highest BCUT2D eigenvalue weighted by molar-refractivity contribution is 7.19. The summed E-state index contributed by atoms with van der Waals surface area (Å²) in [6.07, 6.45) is 4.60. The van der Waals surface area contributed by atoms with Crippen molar-refractivity contribution in [2.45, 2.75) is 24.8 Å². The summed E-state index contributed by atoms with van der Waals surface area (Å²) in [6, 6.07) is 4.01. The van der Waals surface area contributed by atoms with E-state index in [-0.39, 0.29) is 0 Å². The van der Waals surface area contributed by atoms with Gasteiger partial charge in [0.15, 0.2) is 11.3 Å². The fourth-order valence-electron chi connectivity index (χ4n) is 3.69. The SMILES string of the molecule is CN.CN1CCCC12CCN(c1ccc3nc(C=O)sc3n1)C2. The second-order valence-corrected chi connectivity index (χ2v) is 7.09. The van der Waals surface area contributed by atoms with E-state index < -0.39 is 0 Å². The molecule has 0 saturated carbocycles. The maximum atomic E-state index is 10.8. The molecular weight excluding hydrogens is 310 g/mol. The van der Waals surface area contributed by atoms with Crippen LogP contribution < -0.4 is 10.6 Å². The Hall–Kier alpha value is -1.57. The van der Waals surface area contributed by atoms with Gasteiger partial charge >= 0.3 is 0 Å². The average molecular weight is 333 g/mol. The number of nitrogens with zero attached hydrogens (tertiary/aromatic N) is 4. The minimum absolute atomic E-state index is 0.346. The highest BCUT2D eigenvalue weighted by Gasteiger charge is 2.44. The topological polar surface area (TPSA) is 75.3 Å². The van der Waals surface area contributed by atoms with Gasteiger partial charge in [0.05, 0.1) is 0 Å². The Morgan fingerprint density at radius 2 is 2.09 bits per heavy atom. The molecule has 0 aromatic carbocycles. The number of fused-ring (bicyclic) bond motifs is 1. The molecule has 2 aromatic heterocycles. The lowest BCUT2D eigenvalue weighted by molar-refractivity contribution is 0.112. The Kier molecular flexibility index (Phi) is 4.61. The molecule has 1 unspecified atom stereocenters. The van der Waals surface area contributed by atoms with E-state index in [1.165, 1.54) is 44.2 Å². The number of carbonyl (C=O) groups excluding carboxylic acids is 1. The number of aromatic nitrogens is 2. The van der Waals surface area contributed by atoms with Crippen molar-refractivity contribution in [2.75, 3.05) is 38.6 Å². The van der Waals surface area contributed by atoms with E-state index in [9.17, 15) is 4.79 Å². The van der Waals surface area contributed by atoms with Crippen molar-refractivity contribution in [1.29, 1.82) is 0 Å². The Labute approximate surface area is 140 Å². The van der Waals surface area contributed by atoms with Crippen molar-refractivity contribution in [3.05, 3.63) is 17.1 Å². The van der Waals surface area contributed by atoms with Crippen LogP contribution in [0.15, 0.2) is 12.1 Å². The molecule has 2 aliphatic heterocycles. The first kappa shape index (κ1) is 16.3. The Balaban J connectivity index is 0.000000753. The molecule has 1 spiro atoms. The lowest BCUT2D eigenvalue weighted by Gasteiger charge is -2.32. The normalized spacial score (nSPS) is 24.2. The van der Waals surface area contributed by atoms with E-state index in [2.05, 4.69) is 27.6 Å². The van der Waals surface area contributed by atoms with Crippen LogP contribution in [0, 0.1) is 0 Å². The number of hydrogen-bond donors (Lipinski definition) is 1. The molecule has 0 aliphatic carbocycles. The van der Waals surface area contributed by atoms with Gasteiger partial charge in [-0.15, -0.1) is 0 Å². The summed E-state index contributed by atoms with van der Waals surface area (Å²) < 4.78 is 0. The standard InChI is InChI=1S/C15H18N4OS.CH5N/c1-18-7-2-5-15(18)6-8-19(10-15)12-4-3-11-14(17-12)21-13(9-20)16-11;1-2/h3-4,9H,2,5-8,10H2,1H3;2H2,1H3. The molecule has 4 heterocycles. The molecule has 7 heteroatoms. The van der Waals surface area contributed by atoms with Gasteiger partial charge in [-0.25, -0.2) is 9.97 Å². The largest absolute Gasteiger partial charge is 0.355 e. The number of hydrogen-bond acceptors (Lipinski definition) is 7. The molecule has 2 fully saturated rings. The Bertz CT molecular complexity index is 703. The van der Waals surface area contributed by atoms with Crippen LogP contribution in [0.1, 0.15) is 29.1 Å². The Morgan fingerprint density at radius 1 is 1.26 bits per heavy atom. The summed E-state index contributed by atoms with van der Waals surface area (Å²) >= 11 is 1.37. The number of pyridine rings is 1. The summed E-state index contributed by atoms with van der Waals surface area (Å²) in [5.74, 6) is 1.01. The lowest BCUT2D eigenvalue weighted by atomic mass is 9.96. The van der Waals surface area contributed by atoms with Crippen LogP contribution in [0.3, 0.4) is 0 Å². The monoisotopic (exact) mass is 333 g/mol. The van der Waals surface area contributed by atoms with Crippen LogP contribution in [0.2, 0.25) is 0 Å². The number of carbonyl (C=O) groups is 1. The molecule has 23 heavy (non-hydrogen) atoms. The number of thiazole rings is 1. The second-order valence-electron chi connectivity index (χ2n) is 6.08. The molecule has 2 N–H and O–H groups in total. The molecular formula is C16H23N5OS.